The standard InChI is InChI=1S/C19H25BrF3N7O2/c20-8-3-11-26-16-28-17(30-18(29-16)32-12-19(21,22)23)27-14-6-4-13(5-7-14)15(31)25-10-2-1-9-24/h4-7H,1-3,8-12,24H2,(H,25,31)(H2,26,27,28,29,30). The second-order valence-electron chi connectivity index (χ2n) is 6.59. The first-order chi connectivity index (χ1) is 15.3. The molecule has 32 heavy (non-hydrogen) atoms. The quantitative estimate of drug-likeness (QED) is 0.234. The van der Waals surface area contributed by atoms with E-state index in [9.17, 15) is 18.0 Å². The molecule has 2 aromatic rings. The molecule has 0 saturated heterocycles. The molecule has 0 aliphatic heterocycles. The molecule has 5 N–H and O–H groups in total. The third kappa shape index (κ3) is 9.64. The lowest BCUT2D eigenvalue weighted by atomic mass is 10.2. The fourth-order valence-corrected chi connectivity index (χ4v) is 2.66. The molecule has 1 aromatic carbocycles. The Morgan fingerprint density at radius 3 is 2.41 bits per heavy atom. The molecule has 0 saturated carbocycles. The first-order valence-corrected chi connectivity index (χ1v) is 11.0. The van der Waals surface area contributed by atoms with E-state index in [1.165, 1.54) is 0 Å². The minimum Gasteiger partial charge on any atom is -0.454 e. The zero-order valence-corrected chi connectivity index (χ0v) is 18.8. The first-order valence-electron chi connectivity index (χ1n) is 9.91. The number of aromatic nitrogens is 3. The summed E-state index contributed by atoms with van der Waals surface area (Å²) in [5.74, 6) is -0.138. The third-order valence-electron chi connectivity index (χ3n) is 3.89. The van der Waals surface area contributed by atoms with Gasteiger partial charge in [0, 0.05) is 29.7 Å². The van der Waals surface area contributed by atoms with Gasteiger partial charge in [-0.15, -0.1) is 0 Å². The molecule has 0 aliphatic carbocycles. The number of nitrogens with two attached hydrogens (primary N) is 1. The van der Waals surface area contributed by atoms with Crippen molar-refractivity contribution in [1.29, 1.82) is 0 Å². The van der Waals surface area contributed by atoms with Crippen LogP contribution in [0, 0.1) is 0 Å². The smallest absolute Gasteiger partial charge is 0.422 e. The lowest BCUT2D eigenvalue weighted by Crippen LogP contribution is -2.24. The van der Waals surface area contributed by atoms with E-state index in [0.717, 1.165) is 24.6 Å². The summed E-state index contributed by atoms with van der Waals surface area (Å²) in [5.41, 5.74) is 6.42. The minimum atomic E-state index is -4.52. The average Bonchev–Trinajstić information content (AvgIpc) is 2.75. The Bertz CT molecular complexity index is 854. The summed E-state index contributed by atoms with van der Waals surface area (Å²) >= 11 is 3.29. The predicted molar refractivity (Wildman–Crippen MR) is 119 cm³/mol. The largest absolute Gasteiger partial charge is 0.454 e. The molecule has 176 valence electrons. The number of alkyl halides is 4. The zero-order valence-electron chi connectivity index (χ0n) is 17.2. The van der Waals surface area contributed by atoms with Crippen molar-refractivity contribution in [2.75, 3.05) is 42.2 Å². The van der Waals surface area contributed by atoms with Gasteiger partial charge in [0.15, 0.2) is 6.61 Å². The molecule has 0 fully saturated rings. The maximum absolute atomic E-state index is 12.5. The summed E-state index contributed by atoms with van der Waals surface area (Å²) < 4.78 is 42.1. The third-order valence-corrected chi connectivity index (χ3v) is 4.45. The predicted octanol–water partition coefficient (Wildman–Crippen LogP) is 3.22. The molecule has 0 spiro atoms. The normalized spacial score (nSPS) is 11.2. The van der Waals surface area contributed by atoms with Crippen LogP contribution in [0.25, 0.3) is 0 Å². The monoisotopic (exact) mass is 519 g/mol. The molecule has 0 atom stereocenters. The van der Waals surface area contributed by atoms with Gasteiger partial charge in [0.2, 0.25) is 11.9 Å². The van der Waals surface area contributed by atoms with Crippen molar-refractivity contribution in [3.63, 3.8) is 0 Å². The Kier molecular flexibility index (Phi) is 10.4. The van der Waals surface area contributed by atoms with Crippen LogP contribution < -0.4 is 26.4 Å². The molecular weight excluding hydrogens is 495 g/mol. The number of halogens is 4. The number of nitrogens with one attached hydrogen (secondary N) is 3. The van der Waals surface area contributed by atoms with E-state index < -0.39 is 18.8 Å². The highest BCUT2D eigenvalue weighted by molar-refractivity contribution is 9.09. The number of amides is 1. The number of rotatable bonds is 13. The molecule has 0 aliphatic rings. The van der Waals surface area contributed by atoms with Crippen molar-refractivity contribution in [2.24, 2.45) is 5.73 Å². The van der Waals surface area contributed by atoms with Crippen molar-refractivity contribution >= 4 is 39.4 Å². The van der Waals surface area contributed by atoms with E-state index in [0.29, 0.717) is 30.9 Å². The van der Waals surface area contributed by atoms with E-state index >= 15 is 0 Å². The van der Waals surface area contributed by atoms with Gasteiger partial charge in [0.05, 0.1) is 0 Å². The highest BCUT2D eigenvalue weighted by Gasteiger charge is 2.29. The first kappa shape index (κ1) is 25.6. The lowest BCUT2D eigenvalue weighted by molar-refractivity contribution is -0.154. The zero-order chi connectivity index (χ0) is 23.4. The molecule has 1 heterocycles. The van der Waals surface area contributed by atoms with Crippen LogP contribution in [0.4, 0.5) is 30.8 Å². The highest BCUT2D eigenvalue weighted by atomic mass is 79.9. The van der Waals surface area contributed by atoms with E-state index in [-0.39, 0.29) is 17.8 Å². The van der Waals surface area contributed by atoms with Crippen molar-refractivity contribution in [3.05, 3.63) is 29.8 Å². The van der Waals surface area contributed by atoms with Gasteiger partial charge in [-0.05, 0) is 50.1 Å². The summed E-state index contributed by atoms with van der Waals surface area (Å²) in [7, 11) is 0. The van der Waals surface area contributed by atoms with E-state index in [2.05, 4.69) is 51.6 Å². The maximum Gasteiger partial charge on any atom is 0.422 e. The van der Waals surface area contributed by atoms with Crippen molar-refractivity contribution in [1.82, 2.24) is 20.3 Å². The number of carbonyl (C=O) groups excluding carboxylic acids is 1. The number of ether oxygens (including phenoxy) is 1. The molecule has 2 rings (SSSR count). The Morgan fingerprint density at radius 2 is 1.75 bits per heavy atom. The number of benzene rings is 1. The Balaban J connectivity index is 2.07. The van der Waals surface area contributed by atoms with E-state index in [1.54, 1.807) is 24.3 Å². The summed E-state index contributed by atoms with van der Waals surface area (Å²) in [5, 5.41) is 9.32. The number of hydrogen-bond donors (Lipinski definition) is 4. The van der Waals surface area contributed by atoms with Gasteiger partial charge in [0.25, 0.3) is 5.91 Å². The van der Waals surface area contributed by atoms with Crippen LogP contribution in [0.15, 0.2) is 24.3 Å². The van der Waals surface area contributed by atoms with Gasteiger partial charge in [-0.25, -0.2) is 0 Å². The van der Waals surface area contributed by atoms with E-state index in [4.69, 9.17) is 5.73 Å². The number of hydrogen-bond acceptors (Lipinski definition) is 8. The Morgan fingerprint density at radius 1 is 1.03 bits per heavy atom. The average molecular weight is 520 g/mol. The van der Waals surface area contributed by atoms with Gasteiger partial charge in [0.1, 0.15) is 0 Å². The SMILES string of the molecule is NCCCCNC(=O)c1ccc(Nc2nc(NCCCBr)nc(OCC(F)(F)F)n2)cc1. The van der Waals surface area contributed by atoms with Crippen LogP contribution in [0.3, 0.4) is 0 Å². The van der Waals surface area contributed by atoms with Gasteiger partial charge in [-0.3, -0.25) is 4.79 Å². The molecule has 1 aromatic heterocycles. The Hall–Kier alpha value is -2.67. The van der Waals surface area contributed by atoms with Crippen LogP contribution in [-0.4, -0.2) is 58.6 Å². The second-order valence-corrected chi connectivity index (χ2v) is 7.39. The summed E-state index contributed by atoms with van der Waals surface area (Å²) in [6, 6.07) is 6.02. The van der Waals surface area contributed by atoms with Crippen LogP contribution in [0.5, 0.6) is 6.01 Å². The van der Waals surface area contributed by atoms with Gasteiger partial charge < -0.3 is 26.4 Å². The maximum atomic E-state index is 12.5. The molecular formula is C19H25BrF3N7O2. The Labute approximate surface area is 191 Å². The summed E-state index contributed by atoms with van der Waals surface area (Å²) in [6.07, 6.45) is -2.14. The van der Waals surface area contributed by atoms with Crippen LogP contribution >= 0.6 is 15.9 Å². The van der Waals surface area contributed by atoms with Crippen LogP contribution in [0.2, 0.25) is 0 Å². The number of carbonyl (C=O) groups is 1. The summed E-state index contributed by atoms with van der Waals surface area (Å²) in [4.78, 5) is 24.0. The van der Waals surface area contributed by atoms with E-state index in [1.807, 2.05) is 0 Å². The number of nitrogens with zero attached hydrogens (tertiary/aromatic N) is 3. The fourth-order valence-electron chi connectivity index (χ4n) is 2.38. The van der Waals surface area contributed by atoms with Crippen molar-refractivity contribution in [3.8, 4) is 6.01 Å². The van der Waals surface area contributed by atoms with Gasteiger partial charge >= 0.3 is 12.2 Å². The molecule has 0 unspecified atom stereocenters. The molecule has 0 bridgehead atoms. The van der Waals surface area contributed by atoms with Crippen LogP contribution in [0.1, 0.15) is 29.6 Å². The second kappa shape index (κ2) is 13.0. The molecule has 13 heteroatoms. The van der Waals surface area contributed by atoms with Crippen molar-refractivity contribution in [2.45, 2.75) is 25.4 Å². The molecule has 1 amide bonds. The van der Waals surface area contributed by atoms with Gasteiger partial charge in [-0.1, -0.05) is 15.9 Å². The fraction of sp³-hybridized carbons (Fsp3) is 0.474. The molecule has 0 radical (unpaired) electrons. The van der Waals surface area contributed by atoms with Crippen molar-refractivity contribution < 1.29 is 22.7 Å². The number of anilines is 3. The topological polar surface area (TPSA) is 127 Å². The molecule has 9 nitrogen and oxygen atoms in total. The number of unbranched alkanes of at least 4 members (excludes halogenated alkanes) is 1. The minimum absolute atomic E-state index is 0.00231. The lowest BCUT2D eigenvalue weighted by Gasteiger charge is -2.12. The van der Waals surface area contributed by atoms with Gasteiger partial charge in [-0.2, -0.15) is 28.1 Å². The van der Waals surface area contributed by atoms with Crippen LogP contribution in [-0.2, 0) is 0 Å². The highest BCUT2D eigenvalue weighted by Crippen LogP contribution is 2.20. The summed E-state index contributed by atoms with van der Waals surface area (Å²) in [6.45, 7) is 0.0886.